The van der Waals surface area contributed by atoms with E-state index in [0.29, 0.717) is 12.3 Å². The zero-order chi connectivity index (χ0) is 30.3. The second kappa shape index (κ2) is 9.88. The number of carbonyl (C=O) groups is 3. The molecule has 3 saturated carbocycles. The smallest absolute Gasteiger partial charge is 0.478 e. The molecule has 41 heavy (non-hydrogen) atoms. The molecule has 11 atom stereocenters. The van der Waals surface area contributed by atoms with Gasteiger partial charge < -0.3 is 19.7 Å². The maximum absolute atomic E-state index is 17.5. The number of carboxylic acids is 1. The van der Waals surface area contributed by atoms with Crippen molar-refractivity contribution in [3.63, 3.8) is 0 Å². The van der Waals surface area contributed by atoms with E-state index in [1.54, 1.807) is 13.8 Å². The van der Waals surface area contributed by atoms with Gasteiger partial charge in [0.15, 0.2) is 11.5 Å². The summed E-state index contributed by atoms with van der Waals surface area (Å²) in [5, 5.41) is 22.2. The van der Waals surface area contributed by atoms with Crippen molar-refractivity contribution < 1.29 is 42.9 Å². The maximum Gasteiger partial charge on any atom is 0.509 e. The van der Waals surface area contributed by atoms with Crippen LogP contribution in [0.3, 0.4) is 0 Å². The van der Waals surface area contributed by atoms with Gasteiger partial charge in [0.05, 0.1) is 6.10 Å². The number of fused-ring (bicyclic) bond motifs is 5. The highest BCUT2D eigenvalue weighted by Gasteiger charge is 2.78. The molecule has 3 fully saturated rings. The first-order valence-electron chi connectivity index (χ1n) is 15.1. The number of ketones is 1. The Balaban J connectivity index is 1.51. The lowest BCUT2D eigenvalue weighted by atomic mass is 9.45. The zero-order valence-corrected chi connectivity index (χ0v) is 24.9. The van der Waals surface area contributed by atoms with Crippen LogP contribution in [0.15, 0.2) is 23.6 Å². The number of alkyl halides is 1. The molecule has 0 aromatic carbocycles. The lowest BCUT2D eigenvalue weighted by Gasteiger charge is -2.61. The zero-order valence-electron chi connectivity index (χ0n) is 24.9. The van der Waals surface area contributed by atoms with Crippen LogP contribution in [0.5, 0.6) is 0 Å². The largest absolute Gasteiger partial charge is 0.509 e. The monoisotopic (exact) mass is 578 g/mol. The second-order valence-corrected chi connectivity index (χ2v) is 14.4. The maximum atomic E-state index is 17.5. The van der Waals surface area contributed by atoms with Gasteiger partial charge in [-0.25, -0.2) is 18.4 Å². The molecule has 0 bridgehead atoms. The number of rotatable bonds is 4. The molecule has 5 aliphatic rings. The molecule has 0 aromatic rings. The Hall–Kier alpha value is -2.29. The third kappa shape index (κ3) is 4.07. The van der Waals surface area contributed by atoms with E-state index < -0.39 is 70.0 Å². The summed E-state index contributed by atoms with van der Waals surface area (Å²) in [5.74, 6) is -4.14. The van der Waals surface area contributed by atoms with Crippen molar-refractivity contribution in [1.29, 1.82) is 0 Å². The molecule has 0 saturated heterocycles. The highest BCUT2D eigenvalue weighted by atomic mass is 19.1. The average Bonchev–Trinajstić information content (AvgIpc) is 3.09. The van der Waals surface area contributed by atoms with Crippen LogP contribution in [-0.4, -0.2) is 51.6 Å². The predicted octanol–water partition coefficient (Wildman–Crippen LogP) is 6.34. The third-order valence-corrected chi connectivity index (χ3v) is 12.0. The topological polar surface area (TPSA) is 110 Å². The van der Waals surface area contributed by atoms with E-state index in [2.05, 4.69) is 20.8 Å². The fraction of sp³-hybridized carbons (Fsp3) is 0.781. The average molecular weight is 579 g/mol. The fourth-order valence-electron chi connectivity index (χ4n) is 9.74. The molecule has 7 nitrogen and oxygen atoms in total. The molecule has 0 spiro atoms. The summed E-state index contributed by atoms with van der Waals surface area (Å²) in [4.78, 5) is 38.7. The van der Waals surface area contributed by atoms with Gasteiger partial charge in [-0.1, -0.05) is 47.1 Å². The molecule has 0 unspecified atom stereocenters. The summed E-state index contributed by atoms with van der Waals surface area (Å²) in [6.45, 7) is 11.0. The van der Waals surface area contributed by atoms with Crippen molar-refractivity contribution in [2.45, 2.75) is 110 Å². The Morgan fingerprint density at radius 1 is 1.12 bits per heavy atom. The van der Waals surface area contributed by atoms with E-state index in [1.165, 1.54) is 19.1 Å². The van der Waals surface area contributed by atoms with Gasteiger partial charge in [-0.3, -0.25) is 4.79 Å². The minimum atomic E-state index is -2.34. The molecular formula is C32H44F2O7. The lowest BCUT2D eigenvalue weighted by molar-refractivity contribution is -0.227. The molecule has 5 rings (SSSR count). The minimum Gasteiger partial charge on any atom is -0.478 e. The summed E-state index contributed by atoms with van der Waals surface area (Å²) in [6.07, 6.45) is 1.24. The van der Waals surface area contributed by atoms with E-state index in [-0.39, 0.29) is 48.9 Å². The second-order valence-electron chi connectivity index (χ2n) is 14.4. The number of halogens is 2. The minimum absolute atomic E-state index is 0.0446. The van der Waals surface area contributed by atoms with Crippen molar-refractivity contribution in [3.8, 4) is 0 Å². The number of ether oxygens (including phenoxy) is 2. The summed E-state index contributed by atoms with van der Waals surface area (Å²) in [5.41, 5.74) is -7.36. The van der Waals surface area contributed by atoms with E-state index >= 15 is 8.78 Å². The number of allylic oxidation sites excluding steroid dienone is 4. The van der Waals surface area contributed by atoms with Gasteiger partial charge in [0, 0.05) is 35.5 Å². The van der Waals surface area contributed by atoms with Crippen LogP contribution < -0.4 is 0 Å². The predicted molar refractivity (Wildman–Crippen MR) is 146 cm³/mol. The number of hydrogen-bond acceptors (Lipinski definition) is 6. The summed E-state index contributed by atoms with van der Waals surface area (Å²) in [7, 11) is 0. The van der Waals surface area contributed by atoms with Crippen LogP contribution >= 0.6 is 0 Å². The number of hydrogen-bond donors (Lipinski definition) is 2. The van der Waals surface area contributed by atoms with Gasteiger partial charge in [-0.15, -0.1) is 0 Å². The van der Waals surface area contributed by atoms with Crippen molar-refractivity contribution >= 4 is 17.9 Å². The van der Waals surface area contributed by atoms with Crippen molar-refractivity contribution in [2.24, 2.45) is 46.3 Å². The summed E-state index contributed by atoms with van der Waals surface area (Å²) < 4.78 is 44.8. The van der Waals surface area contributed by atoms with E-state index in [0.717, 1.165) is 12.8 Å². The fourth-order valence-corrected chi connectivity index (χ4v) is 9.74. The van der Waals surface area contributed by atoms with Gasteiger partial charge in [-0.2, -0.15) is 0 Å². The van der Waals surface area contributed by atoms with Crippen LogP contribution in [-0.2, 0) is 19.1 Å². The number of aliphatic hydroxyl groups excluding tert-OH is 1. The summed E-state index contributed by atoms with van der Waals surface area (Å²) in [6, 6.07) is 0. The highest BCUT2D eigenvalue weighted by molar-refractivity contribution is 5.93. The Morgan fingerprint density at radius 2 is 1.80 bits per heavy atom. The van der Waals surface area contributed by atoms with Crippen molar-refractivity contribution in [2.75, 3.05) is 0 Å². The Labute approximate surface area is 240 Å². The van der Waals surface area contributed by atoms with Crippen molar-refractivity contribution in [3.05, 3.63) is 23.6 Å². The van der Waals surface area contributed by atoms with Crippen LogP contribution in [0.1, 0.15) is 86.5 Å². The molecule has 5 aliphatic carbocycles. The third-order valence-electron chi connectivity index (χ3n) is 12.0. The van der Waals surface area contributed by atoms with Crippen LogP contribution in [0, 0.1) is 46.3 Å². The van der Waals surface area contributed by atoms with Gasteiger partial charge in [-0.05, 0) is 67.9 Å². The number of carbonyl (C=O) groups excluding carboxylic acids is 2. The standard InChI is InChI=1S/C32H44F2O7/c1-16(2)20-8-7-17(3)11-25(20)40-28(39)41-32(27(37)38)18(4)12-21-22-14-24(33)23-13-19(35)9-10-29(23,5)31(22,34)26(36)15-30(21,32)6/h9-10,16-18,20-22,25-26,36H,7-8,11-15H2,1-6H3,(H,37,38)/t17-,18-,20+,21+,22+,25-,26+,29+,30+,31+,32+/m1/s1. The Morgan fingerprint density at radius 3 is 2.44 bits per heavy atom. The molecule has 2 N–H and O–H groups in total. The van der Waals surface area contributed by atoms with Gasteiger partial charge in [0.1, 0.15) is 11.9 Å². The number of aliphatic carboxylic acids is 1. The molecule has 228 valence electrons. The quantitative estimate of drug-likeness (QED) is 0.375. The van der Waals surface area contributed by atoms with E-state index in [9.17, 15) is 24.6 Å². The lowest BCUT2D eigenvalue weighted by Crippen LogP contribution is -2.69. The molecule has 9 heteroatoms. The van der Waals surface area contributed by atoms with Gasteiger partial charge >= 0.3 is 12.1 Å². The van der Waals surface area contributed by atoms with Crippen molar-refractivity contribution in [1.82, 2.24) is 0 Å². The Bertz CT molecular complexity index is 1200. The molecule has 0 amide bonds. The van der Waals surface area contributed by atoms with Crippen LogP contribution in [0.4, 0.5) is 13.6 Å². The SMILES string of the molecule is CC(C)[C@@H]1CC[C@@H](C)C[C@H]1OC(=O)O[C@]1(C(=O)O)[C@H](C)C[C@H]2[C@@H]3CC(F)=C4CC(=O)C=C[C@]4(C)[C@@]3(F)[C@@H](O)C[C@@]21C. The molecular weight excluding hydrogens is 534 g/mol. The number of aliphatic hydroxyl groups is 1. The first-order valence-corrected chi connectivity index (χ1v) is 15.1. The summed E-state index contributed by atoms with van der Waals surface area (Å²) >= 11 is 0. The normalized spacial score (nSPS) is 47.5. The highest BCUT2D eigenvalue weighted by Crippen LogP contribution is 2.71. The molecule has 0 radical (unpaired) electrons. The Kier molecular flexibility index (Phi) is 7.27. The van der Waals surface area contributed by atoms with Crippen LogP contribution in [0.2, 0.25) is 0 Å². The van der Waals surface area contributed by atoms with Gasteiger partial charge in [0.25, 0.3) is 0 Å². The molecule has 0 aromatic heterocycles. The first-order chi connectivity index (χ1) is 19.0. The van der Waals surface area contributed by atoms with Crippen LogP contribution in [0.25, 0.3) is 0 Å². The van der Waals surface area contributed by atoms with Gasteiger partial charge in [0.2, 0.25) is 5.60 Å². The van der Waals surface area contributed by atoms with E-state index in [4.69, 9.17) is 9.47 Å². The molecule has 0 heterocycles. The van der Waals surface area contributed by atoms with E-state index in [1.807, 2.05) is 0 Å². The number of carboxylic acid groups (broad SMARTS) is 1. The molecule has 0 aliphatic heterocycles. The first kappa shape index (κ1) is 30.2.